The zero-order valence-electron chi connectivity index (χ0n) is 63.1. The molecule has 0 saturated heterocycles. The summed E-state index contributed by atoms with van der Waals surface area (Å²) in [6.07, 6.45) is 43.8. The first-order valence-electron chi connectivity index (χ1n) is 36.9. The number of ether oxygens (including phenoxy) is 6. The zero-order chi connectivity index (χ0) is 68.4. The molecule has 646 valence electrons. The van der Waals surface area contributed by atoms with E-state index in [4.69, 9.17) is 28.4 Å². The van der Waals surface area contributed by atoms with Crippen LogP contribution in [0.3, 0.4) is 0 Å². The van der Waals surface area contributed by atoms with Crippen LogP contribution in [-0.2, 0) is 142 Å². The molecule has 1 aromatic rings. The fourth-order valence-corrected chi connectivity index (χ4v) is 15.4. The molecule has 1 aromatic carbocycles. The summed E-state index contributed by atoms with van der Waals surface area (Å²) in [5.74, 6) is 6.73. The first kappa shape index (κ1) is 139. The molecule has 2 radical (unpaired) electrons. The molecule has 7 rings (SSSR count). The van der Waals surface area contributed by atoms with Crippen LogP contribution in [0.2, 0.25) is 0 Å². The molecule has 0 spiro atoms. The van der Waals surface area contributed by atoms with Crippen molar-refractivity contribution in [2.45, 2.75) is 356 Å². The molecule has 0 heterocycles. The van der Waals surface area contributed by atoms with E-state index >= 15 is 0 Å². The molecule has 16 heteroatoms. The largest absolute Gasteiger partial charge is 1.00 e. The van der Waals surface area contributed by atoms with E-state index in [1.54, 1.807) is 41.5 Å². The van der Waals surface area contributed by atoms with Crippen LogP contribution in [-0.4, -0.2) is 75.5 Å². The number of carbonyl (C=O) groups excluding carboxylic acids is 6. The second-order valence-electron chi connectivity index (χ2n) is 29.9. The molecule has 0 bridgehead atoms. The van der Waals surface area contributed by atoms with Crippen LogP contribution >= 0.6 is 24.0 Å². The van der Waals surface area contributed by atoms with E-state index in [9.17, 15) is 28.8 Å². The van der Waals surface area contributed by atoms with Gasteiger partial charge >= 0.3 is 87.2 Å². The van der Waals surface area contributed by atoms with Gasteiger partial charge < -0.3 is 36.3 Å². The van der Waals surface area contributed by atoms with Crippen molar-refractivity contribution in [3.8, 4) is 0 Å². The summed E-state index contributed by atoms with van der Waals surface area (Å²) in [5.41, 5.74) is 6.82. The Labute approximate surface area is 801 Å². The minimum atomic E-state index is -0.332. The molecular weight excluding hydrogens is 1680 g/mol. The Morgan fingerprint density at radius 3 is 0.766 bits per heavy atom. The summed E-state index contributed by atoms with van der Waals surface area (Å²) in [6, 6.07) is 6.98. The molecule has 0 unspecified atom stereocenters. The fourth-order valence-electron chi connectivity index (χ4n) is 15.4. The Kier molecular flexibility index (Phi) is 98.7. The van der Waals surface area contributed by atoms with Crippen LogP contribution in [0.5, 0.6) is 0 Å². The van der Waals surface area contributed by atoms with Crippen LogP contribution in [0.25, 0.3) is 0 Å². The predicted molar refractivity (Wildman–Crippen MR) is 482 cm³/mol. The second kappa shape index (κ2) is 78.9. The normalized spacial score (nSPS) is 20.8. The summed E-state index contributed by atoms with van der Waals surface area (Å²) in [7, 11) is 0. The van der Waals surface area contributed by atoms with Gasteiger partial charge in [0.25, 0.3) is 0 Å². The molecule has 0 aliphatic heterocycles. The van der Waals surface area contributed by atoms with E-state index in [2.05, 4.69) is 64.1 Å². The third-order valence-corrected chi connectivity index (χ3v) is 21.5. The topological polar surface area (TPSA) is 158 Å². The van der Waals surface area contributed by atoms with Crippen molar-refractivity contribution in [1.29, 1.82) is 0 Å². The molecule has 6 aliphatic rings. The van der Waals surface area contributed by atoms with Crippen LogP contribution in [0.15, 0.2) is 91.1 Å². The third-order valence-electron chi connectivity index (χ3n) is 21.5. The molecule has 6 aliphatic carbocycles. The van der Waals surface area contributed by atoms with E-state index in [-0.39, 0.29) is 275 Å². The summed E-state index contributed by atoms with van der Waals surface area (Å²) in [5, 5.41) is 0. The van der Waals surface area contributed by atoms with Crippen molar-refractivity contribution in [1.82, 2.24) is 0 Å². The first-order valence-corrected chi connectivity index (χ1v) is 36.9. The Balaban J connectivity index is -0.000000105. The van der Waals surface area contributed by atoms with E-state index in [1.807, 2.05) is 0 Å². The third kappa shape index (κ3) is 58.6. The maximum atomic E-state index is 12.0. The number of hydrogen-bond donors (Lipinski definition) is 0. The van der Waals surface area contributed by atoms with Gasteiger partial charge in [-0.1, -0.05) is 270 Å². The van der Waals surface area contributed by atoms with Crippen LogP contribution in [0.4, 0.5) is 0 Å². The summed E-state index contributed by atoms with van der Waals surface area (Å²) in [6.45, 7) is 34.9. The van der Waals surface area contributed by atoms with Gasteiger partial charge in [-0.2, -0.15) is 12.8 Å². The Bertz CT molecular complexity index is 2570. The number of hydrogen-bond acceptors (Lipinski definition) is 12. The van der Waals surface area contributed by atoms with Gasteiger partial charge in [-0.15, -0.1) is 24.0 Å². The van der Waals surface area contributed by atoms with E-state index in [0.29, 0.717) is 115 Å². The summed E-state index contributed by atoms with van der Waals surface area (Å²) in [4.78, 5) is 69.6. The Morgan fingerprint density at radius 1 is 0.315 bits per heavy atom. The Morgan fingerprint density at radius 2 is 0.523 bits per heavy atom. The SMILES string of the molecule is C.C.C.C.C.C.C.C.C.C.C.C.C.C=C(C)C(=O)OCCC1CCC(CC2CCC(CCOC(=O)C(=C)C)CC2)CC1.C=C(C)C(=O)OCCC1CCC(CC2CC[CH-]CC2)CC1.C=C(C)C(=O)OCCc1cc(CC2CCC(CCOC(=O)C(=C)C)CC2)ccc1CC1CCC(CCOC(=O)C(=C)C)CC1.I.[H-].[K+].[Y].[Y]. The quantitative estimate of drug-likeness (QED) is 0.0168. The van der Waals surface area contributed by atoms with Crippen molar-refractivity contribution in [2.75, 3.05) is 39.6 Å². The van der Waals surface area contributed by atoms with Gasteiger partial charge in [-0.05, 0) is 207 Å². The van der Waals surface area contributed by atoms with Crippen molar-refractivity contribution in [3.63, 3.8) is 0 Å². The number of benzene rings is 1. The molecule has 12 nitrogen and oxygen atoms in total. The van der Waals surface area contributed by atoms with Crippen LogP contribution in [0.1, 0.15) is 355 Å². The van der Waals surface area contributed by atoms with E-state index < -0.39 is 0 Å². The monoisotopic (exact) mass is 1860 g/mol. The van der Waals surface area contributed by atoms with Crippen molar-refractivity contribution >= 4 is 59.8 Å². The van der Waals surface area contributed by atoms with Gasteiger partial charge in [0, 0.05) is 105 Å². The predicted octanol–water partition coefficient (Wildman–Crippen LogP) is 25.2. The molecular formula is C95H179IKO12Y2-. The molecule has 111 heavy (non-hydrogen) atoms. The van der Waals surface area contributed by atoms with Crippen LogP contribution < -0.4 is 51.4 Å². The standard InChI is InChI=1S/C38H54O6.C25H40O4.C19H31O2.13CH4.HI.K.2Y.H/c1-26(2)36(39)42-20-17-29-7-11-31(12-8-29)23-33-15-16-34(35(25-33)19-22-44-38(41)28(5)6)24-32-13-9-30(10-14-32)18-21-43-37(40)27(3)4;1-18(2)24(26)28-15-13-20-5-9-22(10-6-20)17-23-11-7-21(8-12-23)14-16-29-25(27)19(3)4;1-15(2)19(20)21-13-12-16-8-10-18(11-9-16)14-17-6-4-3-5-7-17;;;;;;;;;;;;;;;;;;/h15-16,25,29-32H,1,3,5,7-14,17-24H2,2,4,6H3;20-23H,1,3,5-17H2,2,4H3;3,16-18H,1,4-14H2,2H3;13*1H4;1H;;;;/q;;-1;;;;;;;;;;;;;;;+1;;;-1. The van der Waals surface area contributed by atoms with Gasteiger partial charge in [0.05, 0.1) is 39.6 Å². The average molecular weight is 1860 g/mol. The molecule has 0 aromatic heterocycles. The zero-order valence-corrected chi connectivity index (χ0v) is 73.3. The number of carbonyl (C=O) groups is 6. The van der Waals surface area contributed by atoms with Gasteiger partial charge in [0.2, 0.25) is 0 Å². The smallest absolute Gasteiger partial charge is 1.00 e. The molecule has 0 atom stereocenters. The fraction of sp³-hybridized carbons (Fsp3) is 0.737. The summed E-state index contributed by atoms with van der Waals surface area (Å²) >= 11 is 0. The van der Waals surface area contributed by atoms with Crippen LogP contribution in [0, 0.1) is 71.5 Å². The molecule has 6 fully saturated rings. The van der Waals surface area contributed by atoms with Crippen molar-refractivity contribution in [3.05, 3.63) is 114 Å². The van der Waals surface area contributed by atoms with Crippen molar-refractivity contribution < 1.29 is 175 Å². The Hall–Kier alpha value is -0.946. The maximum Gasteiger partial charge on any atom is 1.00 e. The van der Waals surface area contributed by atoms with Gasteiger partial charge in [0.15, 0.2) is 0 Å². The second-order valence-corrected chi connectivity index (χ2v) is 29.9. The minimum Gasteiger partial charge on any atom is -1.00 e. The van der Waals surface area contributed by atoms with Gasteiger partial charge in [0.1, 0.15) is 0 Å². The molecule has 0 amide bonds. The summed E-state index contributed by atoms with van der Waals surface area (Å²) < 4.78 is 31.8. The maximum absolute atomic E-state index is 12.0. The van der Waals surface area contributed by atoms with Gasteiger partial charge in [-0.3, -0.25) is 0 Å². The first-order chi connectivity index (χ1) is 45.0. The van der Waals surface area contributed by atoms with E-state index in [1.165, 1.54) is 171 Å². The average Bonchev–Trinajstić information content (AvgIpc) is 0.835. The van der Waals surface area contributed by atoms with E-state index in [0.717, 1.165) is 87.4 Å². The number of esters is 6. The molecule has 6 saturated carbocycles. The van der Waals surface area contributed by atoms with Gasteiger partial charge in [-0.25, -0.2) is 28.8 Å². The van der Waals surface area contributed by atoms with Crippen molar-refractivity contribution in [2.24, 2.45) is 65.1 Å². The molecule has 0 N–H and O–H groups in total. The number of rotatable bonds is 32. The number of halogens is 1. The minimum absolute atomic E-state index is 0.